The van der Waals surface area contributed by atoms with Gasteiger partial charge >= 0.3 is 0 Å². The van der Waals surface area contributed by atoms with Gasteiger partial charge in [0.25, 0.3) is 5.91 Å². The summed E-state index contributed by atoms with van der Waals surface area (Å²) in [5, 5.41) is 2.76. The Bertz CT molecular complexity index is 406. The van der Waals surface area contributed by atoms with Crippen molar-refractivity contribution in [3.63, 3.8) is 0 Å². The molecule has 0 aliphatic carbocycles. The second-order valence-corrected chi connectivity index (χ2v) is 8.01. The van der Waals surface area contributed by atoms with Gasteiger partial charge < -0.3 is 9.88 Å². The zero-order valence-electron chi connectivity index (χ0n) is 9.99. The predicted molar refractivity (Wildman–Crippen MR) is 67.8 cm³/mol. The molecule has 0 atom stereocenters. The molecule has 88 valence electrons. The van der Waals surface area contributed by atoms with Crippen molar-refractivity contribution in [2.75, 3.05) is 26.0 Å². The summed E-state index contributed by atoms with van der Waals surface area (Å²) in [7, 11) is -2.04. The molecule has 0 saturated heterocycles. The van der Waals surface area contributed by atoms with Crippen LogP contribution in [-0.2, 0) is 4.57 Å². The quantitative estimate of drug-likeness (QED) is 0.820. The van der Waals surface area contributed by atoms with E-state index in [-0.39, 0.29) is 5.91 Å². The third-order valence-electron chi connectivity index (χ3n) is 2.25. The summed E-state index contributed by atoms with van der Waals surface area (Å²) < 4.78 is 11.4. The number of rotatable bonds is 4. The largest absolute Gasteiger partial charge is 0.352 e. The van der Waals surface area contributed by atoms with E-state index in [1.165, 1.54) is 0 Å². The van der Waals surface area contributed by atoms with E-state index in [4.69, 9.17) is 0 Å². The molecule has 0 aliphatic heterocycles. The Balaban J connectivity index is 2.47. The van der Waals surface area contributed by atoms with Crippen LogP contribution in [0.25, 0.3) is 0 Å². The van der Waals surface area contributed by atoms with Gasteiger partial charge in [-0.3, -0.25) is 4.79 Å². The molecule has 1 amide bonds. The van der Waals surface area contributed by atoms with Crippen LogP contribution in [-0.4, -0.2) is 31.9 Å². The molecule has 0 spiro atoms. The van der Waals surface area contributed by atoms with Crippen molar-refractivity contribution in [3.8, 4) is 0 Å². The Labute approximate surface area is 96.6 Å². The van der Waals surface area contributed by atoms with Crippen molar-refractivity contribution in [2.24, 2.45) is 0 Å². The summed E-state index contributed by atoms with van der Waals surface area (Å²) in [4.78, 5) is 11.6. The maximum Gasteiger partial charge on any atom is 0.251 e. The maximum absolute atomic E-state index is 11.6. The summed E-state index contributed by atoms with van der Waals surface area (Å²) in [6, 6.07) is 7.39. The molecule has 1 N–H and O–H groups in total. The number of carbonyl (C=O) groups excluding carboxylic acids is 1. The number of benzene rings is 1. The number of aryl methyl sites for hydroxylation is 1. The van der Waals surface area contributed by atoms with E-state index in [1.54, 1.807) is 25.5 Å². The Morgan fingerprint density at radius 3 is 2.31 bits per heavy atom. The minimum Gasteiger partial charge on any atom is -0.352 e. The molecule has 4 heteroatoms. The second kappa shape index (κ2) is 5.31. The van der Waals surface area contributed by atoms with E-state index in [0.717, 1.165) is 5.56 Å². The molecule has 0 radical (unpaired) electrons. The minimum absolute atomic E-state index is 0.103. The van der Waals surface area contributed by atoms with Crippen LogP contribution in [0.1, 0.15) is 15.9 Å². The Morgan fingerprint density at radius 2 is 1.81 bits per heavy atom. The van der Waals surface area contributed by atoms with Gasteiger partial charge in [0.05, 0.1) is 7.14 Å². The van der Waals surface area contributed by atoms with Crippen LogP contribution in [0.3, 0.4) is 0 Å². The van der Waals surface area contributed by atoms with Crippen LogP contribution >= 0.6 is 7.14 Å². The summed E-state index contributed by atoms with van der Waals surface area (Å²) in [6.45, 7) is 5.90. The van der Waals surface area contributed by atoms with Crippen molar-refractivity contribution in [1.29, 1.82) is 0 Å². The molecule has 0 saturated carbocycles. The lowest BCUT2D eigenvalue weighted by Crippen LogP contribution is -2.26. The van der Waals surface area contributed by atoms with E-state index >= 15 is 0 Å². The molecule has 1 aromatic rings. The Morgan fingerprint density at radius 1 is 1.25 bits per heavy atom. The highest BCUT2D eigenvalue weighted by Gasteiger charge is 2.08. The van der Waals surface area contributed by atoms with Gasteiger partial charge in [-0.1, -0.05) is 17.7 Å². The third-order valence-corrected chi connectivity index (χ3v) is 3.55. The Hall–Kier alpha value is -1.08. The molecule has 0 bridgehead atoms. The lowest BCUT2D eigenvalue weighted by molar-refractivity contribution is 0.0956. The molecule has 0 aliphatic rings. The molecule has 0 heterocycles. The van der Waals surface area contributed by atoms with E-state index in [0.29, 0.717) is 18.3 Å². The fourth-order valence-corrected chi connectivity index (χ4v) is 1.90. The number of hydrogen-bond donors (Lipinski definition) is 1. The predicted octanol–water partition coefficient (Wildman–Crippen LogP) is 2.35. The molecular formula is C12H18NO2P. The van der Waals surface area contributed by atoms with E-state index in [9.17, 15) is 9.36 Å². The van der Waals surface area contributed by atoms with Crippen LogP contribution in [0.15, 0.2) is 24.3 Å². The third kappa shape index (κ3) is 4.63. The van der Waals surface area contributed by atoms with Gasteiger partial charge in [0.1, 0.15) is 0 Å². The monoisotopic (exact) mass is 239 g/mol. The average Bonchev–Trinajstić information content (AvgIpc) is 2.16. The van der Waals surface area contributed by atoms with Crippen LogP contribution in [0.2, 0.25) is 0 Å². The van der Waals surface area contributed by atoms with Crippen molar-refractivity contribution in [2.45, 2.75) is 6.92 Å². The molecular weight excluding hydrogens is 221 g/mol. The van der Waals surface area contributed by atoms with Crippen LogP contribution < -0.4 is 5.32 Å². The van der Waals surface area contributed by atoms with Crippen molar-refractivity contribution >= 4 is 13.0 Å². The van der Waals surface area contributed by atoms with E-state index < -0.39 is 7.14 Å². The molecule has 1 rings (SSSR count). The van der Waals surface area contributed by atoms with E-state index in [1.807, 2.05) is 19.1 Å². The topological polar surface area (TPSA) is 46.2 Å². The maximum atomic E-state index is 11.6. The lowest BCUT2D eigenvalue weighted by atomic mass is 10.1. The van der Waals surface area contributed by atoms with Gasteiger partial charge in [-0.05, 0) is 32.4 Å². The van der Waals surface area contributed by atoms with Gasteiger partial charge in [0.15, 0.2) is 0 Å². The minimum atomic E-state index is -2.04. The standard InChI is InChI=1S/C12H18NO2P/c1-10-4-6-11(7-5-10)12(14)13-8-9-16(2,3)15/h4-7H,8-9H2,1-3H3,(H,13,14). The highest BCUT2D eigenvalue weighted by atomic mass is 31.2. The molecule has 0 fully saturated rings. The highest BCUT2D eigenvalue weighted by Crippen LogP contribution is 2.34. The fraction of sp³-hybridized carbons (Fsp3) is 0.417. The molecule has 3 nitrogen and oxygen atoms in total. The molecule has 0 aromatic heterocycles. The van der Waals surface area contributed by atoms with Crippen molar-refractivity contribution in [3.05, 3.63) is 35.4 Å². The zero-order chi connectivity index (χ0) is 12.2. The van der Waals surface area contributed by atoms with E-state index in [2.05, 4.69) is 5.32 Å². The normalized spacial score (nSPS) is 11.2. The highest BCUT2D eigenvalue weighted by molar-refractivity contribution is 7.62. The summed E-state index contributed by atoms with van der Waals surface area (Å²) >= 11 is 0. The van der Waals surface area contributed by atoms with Gasteiger partial charge in [-0.25, -0.2) is 0 Å². The lowest BCUT2D eigenvalue weighted by Gasteiger charge is -2.08. The van der Waals surface area contributed by atoms with Crippen LogP contribution in [0.5, 0.6) is 0 Å². The van der Waals surface area contributed by atoms with Crippen molar-refractivity contribution < 1.29 is 9.36 Å². The molecule has 1 aromatic carbocycles. The summed E-state index contributed by atoms with van der Waals surface area (Å²) in [6.07, 6.45) is 0.546. The van der Waals surface area contributed by atoms with Crippen LogP contribution in [0.4, 0.5) is 0 Å². The SMILES string of the molecule is Cc1ccc(C(=O)NCCP(C)(C)=O)cc1. The molecule has 0 unspecified atom stereocenters. The number of nitrogens with one attached hydrogen (secondary N) is 1. The number of carbonyl (C=O) groups is 1. The smallest absolute Gasteiger partial charge is 0.251 e. The fourth-order valence-electron chi connectivity index (χ4n) is 1.25. The summed E-state index contributed by atoms with van der Waals surface area (Å²) in [5.74, 6) is -0.103. The van der Waals surface area contributed by atoms with Gasteiger partial charge in [0.2, 0.25) is 0 Å². The number of hydrogen-bond acceptors (Lipinski definition) is 2. The molecule has 16 heavy (non-hydrogen) atoms. The van der Waals surface area contributed by atoms with Gasteiger partial charge in [0, 0.05) is 18.3 Å². The zero-order valence-corrected chi connectivity index (χ0v) is 10.9. The first-order valence-electron chi connectivity index (χ1n) is 5.27. The van der Waals surface area contributed by atoms with Gasteiger partial charge in [-0.2, -0.15) is 0 Å². The second-order valence-electron chi connectivity index (χ2n) is 4.42. The van der Waals surface area contributed by atoms with Crippen LogP contribution in [0, 0.1) is 6.92 Å². The van der Waals surface area contributed by atoms with Crippen molar-refractivity contribution in [1.82, 2.24) is 5.32 Å². The first kappa shape index (κ1) is 13.0. The average molecular weight is 239 g/mol. The first-order valence-corrected chi connectivity index (χ1v) is 8.06. The summed E-state index contributed by atoms with van der Waals surface area (Å²) in [5.41, 5.74) is 1.77. The van der Waals surface area contributed by atoms with Gasteiger partial charge in [-0.15, -0.1) is 0 Å². The Kier molecular flexibility index (Phi) is 4.31. The first-order chi connectivity index (χ1) is 7.38. The number of amides is 1.